The van der Waals surface area contributed by atoms with Crippen LogP contribution >= 0.6 is 0 Å². The van der Waals surface area contributed by atoms with E-state index in [1.54, 1.807) is 6.92 Å². The molecule has 0 radical (unpaired) electrons. The topological polar surface area (TPSA) is 58.4 Å². The number of hydrogen-bond acceptors (Lipinski definition) is 4. The van der Waals surface area contributed by atoms with Crippen molar-refractivity contribution in [2.24, 2.45) is 0 Å². The lowest BCUT2D eigenvalue weighted by atomic mass is 9.88. The minimum Gasteiger partial charge on any atom is -0.378 e. The van der Waals surface area contributed by atoms with Gasteiger partial charge in [0, 0.05) is 31.7 Å². The lowest BCUT2D eigenvalue weighted by Crippen LogP contribution is -2.29. The van der Waals surface area contributed by atoms with E-state index < -0.39 is 0 Å². The molecule has 2 rings (SSSR count). The Morgan fingerprint density at radius 2 is 1.83 bits per heavy atom. The second-order valence-electron chi connectivity index (χ2n) is 7.28. The van der Waals surface area contributed by atoms with E-state index in [0.29, 0.717) is 23.6 Å². The minimum absolute atomic E-state index is 0.122. The fourth-order valence-electron chi connectivity index (χ4n) is 2.52. The average Bonchev–Trinajstić information content (AvgIpc) is 2.89. The predicted octanol–water partition coefficient (Wildman–Crippen LogP) is 3.32. The van der Waals surface area contributed by atoms with Gasteiger partial charge in [-0.15, -0.1) is 0 Å². The number of aryl methyl sites for hydroxylation is 1. The zero-order chi connectivity index (χ0) is 17.9. The number of hydrogen-bond donors (Lipinski definition) is 1. The summed E-state index contributed by atoms with van der Waals surface area (Å²) >= 11 is 0. The molecule has 5 heteroatoms. The van der Waals surface area contributed by atoms with Gasteiger partial charge in [-0.25, -0.2) is 0 Å². The summed E-state index contributed by atoms with van der Waals surface area (Å²) in [5.41, 5.74) is 3.39. The maximum Gasteiger partial charge on any atom is 0.256 e. The molecule has 0 fully saturated rings. The van der Waals surface area contributed by atoms with Crippen LogP contribution in [0.25, 0.3) is 0 Å². The highest BCUT2D eigenvalue weighted by Gasteiger charge is 2.28. The van der Waals surface area contributed by atoms with Gasteiger partial charge in [0.2, 0.25) is 0 Å². The highest BCUT2D eigenvalue weighted by Crippen LogP contribution is 2.26. The number of carbonyl (C=O) groups excluding carboxylic acids is 1. The lowest BCUT2D eigenvalue weighted by Gasteiger charge is -2.16. The van der Waals surface area contributed by atoms with Gasteiger partial charge in [-0.05, 0) is 31.0 Å². The standard InChI is InChI=1S/C19H27N3O2/c1-13-16(17(21-24-13)19(2,3)4)18(23)20-12-11-14-7-9-15(10-8-14)22(5)6/h7-10H,11-12H2,1-6H3,(H,20,23). The quantitative estimate of drug-likeness (QED) is 0.914. The van der Waals surface area contributed by atoms with Crippen molar-refractivity contribution >= 4 is 11.6 Å². The highest BCUT2D eigenvalue weighted by molar-refractivity contribution is 5.96. The van der Waals surface area contributed by atoms with Crippen LogP contribution in [0.5, 0.6) is 0 Å². The molecule has 0 aliphatic heterocycles. The van der Waals surface area contributed by atoms with Crippen LogP contribution in [0.4, 0.5) is 5.69 Å². The van der Waals surface area contributed by atoms with Gasteiger partial charge in [0.15, 0.2) is 0 Å². The van der Waals surface area contributed by atoms with Gasteiger partial charge in [-0.3, -0.25) is 4.79 Å². The zero-order valence-electron chi connectivity index (χ0n) is 15.4. The molecule has 24 heavy (non-hydrogen) atoms. The molecule has 1 aromatic heterocycles. The normalized spacial score (nSPS) is 11.4. The summed E-state index contributed by atoms with van der Waals surface area (Å²) in [4.78, 5) is 14.6. The molecule has 0 aliphatic rings. The van der Waals surface area contributed by atoms with Crippen LogP contribution in [0.2, 0.25) is 0 Å². The van der Waals surface area contributed by atoms with Gasteiger partial charge in [0.25, 0.3) is 5.91 Å². The summed E-state index contributed by atoms with van der Waals surface area (Å²) in [6.45, 7) is 8.42. The van der Waals surface area contributed by atoms with Crippen molar-refractivity contribution in [2.75, 3.05) is 25.5 Å². The number of benzene rings is 1. The predicted molar refractivity (Wildman–Crippen MR) is 96.7 cm³/mol. The van der Waals surface area contributed by atoms with Crippen molar-refractivity contribution < 1.29 is 9.32 Å². The number of nitrogens with zero attached hydrogens (tertiary/aromatic N) is 2. The van der Waals surface area contributed by atoms with Gasteiger partial charge >= 0.3 is 0 Å². The molecule has 0 spiro atoms. The third-order valence-electron chi connectivity index (χ3n) is 3.95. The summed E-state index contributed by atoms with van der Waals surface area (Å²) in [6, 6.07) is 8.34. The first kappa shape index (κ1) is 18.0. The number of carbonyl (C=O) groups is 1. The van der Waals surface area contributed by atoms with Crippen molar-refractivity contribution in [2.45, 2.75) is 39.5 Å². The number of amides is 1. The largest absolute Gasteiger partial charge is 0.378 e. The maximum atomic E-state index is 12.5. The van der Waals surface area contributed by atoms with E-state index in [4.69, 9.17) is 4.52 Å². The average molecular weight is 329 g/mol. The first-order chi connectivity index (χ1) is 11.2. The Morgan fingerprint density at radius 3 is 2.38 bits per heavy atom. The van der Waals surface area contributed by atoms with Gasteiger partial charge < -0.3 is 14.7 Å². The zero-order valence-corrected chi connectivity index (χ0v) is 15.4. The third-order valence-corrected chi connectivity index (χ3v) is 3.95. The molecule has 1 amide bonds. The van der Waals surface area contributed by atoms with Crippen LogP contribution < -0.4 is 10.2 Å². The van der Waals surface area contributed by atoms with E-state index >= 15 is 0 Å². The van der Waals surface area contributed by atoms with Crippen molar-refractivity contribution in [1.29, 1.82) is 0 Å². The molecule has 1 heterocycles. The number of nitrogens with one attached hydrogen (secondary N) is 1. The monoisotopic (exact) mass is 329 g/mol. The van der Waals surface area contributed by atoms with E-state index in [1.807, 2.05) is 34.9 Å². The number of aromatic nitrogens is 1. The molecular weight excluding hydrogens is 302 g/mol. The van der Waals surface area contributed by atoms with Gasteiger partial charge in [-0.1, -0.05) is 38.1 Å². The molecule has 130 valence electrons. The minimum atomic E-state index is -0.230. The first-order valence-corrected chi connectivity index (χ1v) is 8.21. The van der Waals surface area contributed by atoms with Crippen molar-refractivity contribution in [3.05, 3.63) is 46.8 Å². The lowest BCUT2D eigenvalue weighted by molar-refractivity contribution is 0.0950. The molecule has 0 bridgehead atoms. The Bertz CT molecular complexity index is 694. The van der Waals surface area contributed by atoms with Crippen LogP contribution in [-0.2, 0) is 11.8 Å². The van der Waals surface area contributed by atoms with Crippen LogP contribution in [-0.4, -0.2) is 31.7 Å². The van der Waals surface area contributed by atoms with Gasteiger partial charge in [0.05, 0.1) is 0 Å². The Kier molecular flexibility index (Phi) is 5.32. The Hall–Kier alpha value is -2.30. The second-order valence-corrected chi connectivity index (χ2v) is 7.28. The summed E-state index contributed by atoms with van der Waals surface area (Å²) in [7, 11) is 4.03. The van der Waals surface area contributed by atoms with Crippen LogP contribution in [0.15, 0.2) is 28.8 Å². The number of anilines is 1. The Labute approximate surface area is 144 Å². The Morgan fingerprint density at radius 1 is 1.21 bits per heavy atom. The molecule has 0 atom stereocenters. The smallest absolute Gasteiger partial charge is 0.256 e. The fourth-order valence-corrected chi connectivity index (χ4v) is 2.52. The molecule has 0 saturated carbocycles. The molecule has 1 aromatic carbocycles. The molecule has 0 aliphatic carbocycles. The van der Waals surface area contributed by atoms with E-state index in [2.05, 4.69) is 39.6 Å². The summed E-state index contributed by atoms with van der Waals surface area (Å²) in [5.74, 6) is 0.441. The van der Waals surface area contributed by atoms with E-state index in [1.165, 1.54) is 5.56 Å². The van der Waals surface area contributed by atoms with Crippen molar-refractivity contribution in [3.63, 3.8) is 0 Å². The summed E-state index contributed by atoms with van der Waals surface area (Å²) < 4.78 is 5.23. The van der Waals surface area contributed by atoms with E-state index in [-0.39, 0.29) is 11.3 Å². The van der Waals surface area contributed by atoms with Crippen LogP contribution in [0.3, 0.4) is 0 Å². The Balaban J connectivity index is 1.98. The molecule has 5 nitrogen and oxygen atoms in total. The molecule has 0 unspecified atom stereocenters. The highest BCUT2D eigenvalue weighted by atomic mass is 16.5. The fraction of sp³-hybridized carbons (Fsp3) is 0.474. The van der Waals surface area contributed by atoms with Crippen molar-refractivity contribution in [1.82, 2.24) is 10.5 Å². The number of rotatable bonds is 5. The summed E-state index contributed by atoms with van der Waals surface area (Å²) in [5, 5.41) is 7.03. The van der Waals surface area contributed by atoms with Gasteiger partial charge in [-0.2, -0.15) is 0 Å². The second kappa shape index (κ2) is 7.07. The van der Waals surface area contributed by atoms with Crippen molar-refractivity contribution in [3.8, 4) is 0 Å². The third kappa shape index (κ3) is 4.16. The van der Waals surface area contributed by atoms with Crippen LogP contribution in [0.1, 0.15) is 48.1 Å². The van der Waals surface area contributed by atoms with Gasteiger partial charge in [0.1, 0.15) is 17.0 Å². The SMILES string of the molecule is Cc1onc(C(C)(C)C)c1C(=O)NCCc1ccc(N(C)C)cc1. The maximum absolute atomic E-state index is 12.5. The molecule has 2 aromatic rings. The van der Waals surface area contributed by atoms with Crippen LogP contribution in [0, 0.1) is 6.92 Å². The first-order valence-electron chi connectivity index (χ1n) is 8.21. The molecular formula is C19H27N3O2. The molecule has 0 saturated heterocycles. The molecule has 1 N–H and O–H groups in total. The summed E-state index contributed by atoms with van der Waals surface area (Å²) in [6.07, 6.45) is 0.786. The van der Waals surface area contributed by atoms with E-state index in [0.717, 1.165) is 12.1 Å². The van der Waals surface area contributed by atoms with E-state index in [9.17, 15) is 4.79 Å².